The molecule has 1 N–H and O–H groups in total. The van der Waals surface area contributed by atoms with Crippen LogP contribution in [-0.2, 0) is 9.53 Å². The van der Waals surface area contributed by atoms with E-state index in [0.29, 0.717) is 6.54 Å². The van der Waals surface area contributed by atoms with E-state index in [-0.39, 0.29) is 11.4 Å². The van der Waals surface area contributed by atoms with E-state index in [1.807, 2.05) is 12.1 Å². The number of esters is 1. The average Bonchev–Trinajstić information content (AvgIpc) is 2.93. The summed E-state index contributed by atoms with van der Waals surface area (Å²) in [6, 6.07) is 3.99. The molecule has 1 aliphatic rings. The van der Waals surface area contributed by atoms with Gasteiger partial charge in [-0.15, -0.1) is 11.3 Å². The van der Waals surface area contributed by atoms with Crippen molar-refractivity contribution in [3.63, 3.8) is 0 Å². The molecule has 5 heteroatoms. The van der Waals surface area contributed by atoms with E-state index in [0.717, 1.165) is 21.6 Å². The number of methoxy groups -OCH3 is 1. The quantitative estimate of drug-likeness (QED) is 0.867. The van der Waals surface area contributed by atoms with E-state index in [9.17, 15) is 4.79 Å². The number of ether oxygens (including phenoxy) is 1. The summed E-state index contributed by atoms with van der Waals surface area (Å²) in [7, 11) is 1.45. The van der Waals surface area contributed by atoms with Gasteiger partial charge in [0.2, 0.25) is 0 Å². The molecule has 0 aromatic carbocycles. The second kappa shape index (κ2) is 4.14. The molecule has 0 radical (unpaired) electrons. The zero-order valence-corrected chi connectivity index (χ0v) is 10.8. The summed E-state index contributed by atoms with van der Waals surface area (Å²) in [5, 5.41) is 4.35. The first-order valence-electron chi connectivity index (χ1n) is 4.74. The van der Waals surface area contributed by atoms with Gasteiger partial charge >= 0.3 is 5.97 Å². The van der Waals surface area contributed by atoms with Crippen LogP contribution in [0.5, 0.6) is 0 Å². The maximum Gasteiger partial charge on any atom is 0.313 e. The minimum absolute atomic E-state index is 0.0920. The summed E-state index contributed by atoms with van der Waals surface area (Å²) >= 11 is 5.03. The van der Waals surface area contributed by atoms with E-state index in [1.54, 1.807) is 11.3 Å². The van der Waals surface area contributed by atoms with Crippen molar-refractivity contribution in [1.29, 1.82) is 0 Å². The van der Waals surface area contributed by atoms with Crippen LogP contribution in [0.1, 0.15) is 12.8 Å². The van der Waals surface area contributed by atoms with Crippen LogP contribution in [0, 0.1) is 5.41 Å². The van der Waals surface area contributed by atoms with Gasteiger partial charge < -0.3 is 10.1 Å². The molecule has 1 fully saturated rings. The molecule has 0 atom stereocenters. The number of hydrogen-bond donors (Lipinski definition) is 1. The van der Waals surface area contributed by atoms with Gasteiger partial charge in [-0.1, -0.05) is 0 Å². The first-order valence-corrected chi connectivity index (χ1v) is 6.35. The minimum Gasteiger partial charge on any atom is -0.469 e. The smallest absolute Gasteiger partial charge is 0.313 e. The molecule has 3 nitrogen and oxygen atoms in total. The molecular weight excluding hydrogens is 278 g/mol. The lowest BCUT2D eigenvalue weighted by Gasteiger charge is -2.12. The zero-order valence-electron chi connectivity index (χ0n) is 8.38. The highest BCUT2D eigenvalue weighted by atomic mass is 79.9. The van der Waals surface area contributed by atoms with Crippen LogP contribution in [0.25, 0.3) is 0 Å². The molecule has 0 aliphatic heterocycles. The van der Waals surface area contributed by atoms with Gasteiger partial charge in [0.25, 0.3) is 0 Å². The second-order valence-electron chi connectivity index (χ2n) is 3.73. The molecule has 2 rings (SSSR count). The first kappa shape index (κ1) is 11.0. The van der Waals surface area contributed by atoms with Crippen molar-refractivity contribution in [2.45, 2.75) is 12.8 Å². The van der Waals surface area contributed by atoms with Crippen LogP contribution in [0.15, 0.2) is 15.9 Å². The Kier molecular flexibility index (Phi) is 3.02. The molecule has 1 saturated carbocycles. The van der Waals surface area contributed by atoms with E-state index in [1.165, 1.54) is 7.11 Å². The molecule has 0 bridgehead atoms. The maximum absolute atomic E-state index is 11.5. The van der Waals surface area contributed by atoms with Gasteiger partial charge in [-0.2, -0.15) is 0 Å². The number of anilines is 1. The van der Waals surface area contributed by atoms with Gasteiger partial charge in [0, 0.05) is 6.54 Å². The van der Waals surface area contributed by atoms with Gasteiger partial charge in [-0.25, -0.2) is 0 Å². The molecular formula is C10H12BrNO2S. The Labute approximate surface area is 101 Å². The van der Waals surface area contributed by atoms with Crippen LogP contribution < -0.4 is 5.32 Å². The molecule has 0 amide bonds. The summed E-state index contributed by atoms with van der Waals surface area (Å²) in [5.74, 6) is -0.0920. The average molecular weight is 290 g/mol. The van der Waals surface area contributed by atoms with Gasteiger partial charge in [-0.05, 0) is 40.9 Å². The largest absolute Gasteiger partial charge is 0.469 e. The highest BCUT2D eigenvalue weighted by Gasteiger charge is 2.50. The fourth-order valence-electron chi connectivity index (χ4n) is 1.49. The van der Waals surface area contributed by atoms with Gasteiger partial charge in [-0.3, -0.25) is 4.79 Å². The number of carbonyl (C=O) groups is 1. The van der Waals surface area contributed by atoms with E-state index >= 15 is 0 Å². The summed E-state index contributed by atoms with van der Waals surface area (Å²) in [6.07, 6.45) is 1.86. The summed E-state index contributed by atoms with van der Waals surface area (Å²) in [6.45, 7) is 0.673. The topological polar surface area (TPSA) is 38.3 Å². The number of thiophene rings is 1. The number of carbonyl (C=O) groups excluding carboxylic acids is 1. The summed E-state index contributed by atoms with van der Waals surface area (Å²) in [5.41, 5.74) is -0.259. The lowest BCUT2D eigenvalue weighted by atomic mass is 10.1. The third-order valence-corrected chi connectivity index (χ3v) is 4.23. The Hall–Kier alpha value is -0.550. The maximum atomic E-state index is 11.5. The third kappa shape index (κ3) is 2.34. The number of rotatable bonds is 4. The number of nitrogens with one attached hydrogen (secondary N) is 1. The van der Waals surface area contributed by atoms with Crippen molar-refractivity contribution in [1.82, 2.24) is 0 Å². The molecule has 1 aliphatic carbocycles. The highest BCUT2D eigenvalue weighted by molar-refractivity contribution is 9.11. The molecule has 15 heavy (non-hydrogen) atoms. The monoisotopic (exact) mass is 289 g/mol. The number of halogens is 1. The zero-order chi connectivity index (χ0) is 10.9. The molecule has 0 unspecified atom stereocenters. The predicted molar refractivity (Wildman–Crippen MR) is 64.2 cm³/mol. The fourth-order valence-corrected chi connectivity index (χ4v) is 2.77. The normalized spacial score (nSPS) is 17.2. The van der Waals surface area contributed by atoms with E-state index in [2.05, 4.69) is 21.2 Å². The minimum atomic E-state index is -0.259. The molecule has 1 heterocycles. The Morgan fingerprint density at radius 3 is 2.87 bits per heavy atom. The summed E-state index contributed by atoms with van der Waals surface area (Å²) in [4.78, 5) is 11.5. The molecule has 82 valence electrons. The summed E-state index contributed by atoms with van der Waals surface area (Å²) < 4.78 is 5.88. The van der Waals surface area contributed by atoms with Gasteiger partial charge in [0.05, 0.1) is 21.3 Å². The van der Waals surface area contributed by atoms with Crippen molar-refractivity contribution in [2.24, 2.45) is 5.41 Å². The first-order chi connectivity index (χ1) is 7.16. The molecule has 1 aromatic rings. The Bertz CT molecular complexity index is 373. The number of hydrogen-bond acceptors (Lipinski definition) is 4. The van der Waals surface area contributed by atoms with E-state index < -0.39 is 0 Å². The van der Waals surface area contributed by atoms with Gasteiger partial charge in [0.1, 0.15) is 0 Å². The van der Waals surface area contributed by atoms with E-state index in [4.69, 9.17) is 4.74 Å². The lowest BCUT2D eigenvalue weighted by Crippen LogP contribution is -2.25. The fraction of sp³-hybridized carbons (Fsp3) is 0.500. The Morgan fingerprint density at radius 1 is 1.67 bits per heavy atom. The van der Waals surface area contributed by atoms with Crippen LogP contribution in [0.4, 0.5) is 5.00 Å². The SMILES string of the molecule is COC(=O)C1(CNc2ccc(Br)s2)CC1. The third-order valence-electron chi connectivity index (χ3n) is 2.65. The highest BCUT2D eigenvalue weighted by Crippen LogP contribution is 2.47. The standard InChI is InChI=1S/C10H12BrNO2S/c1-14-9(13)10(4-5-10)6-12-8-3-2-7(11)15-8/h2-3,12H,4-6H2,1H3. The van der Waals surface area contributed by atoms with Crippen LogP contribution >= 0.6 is 27.3 Å². The van der Waals surface area contributed by atoms with Crippen molar-refractivity contribution in [3.8, 4) is 0 Å². The van der Waals surface area contributed by atoms with Crippen molar-refractivity contribution >= 4 is 38.2 Å². The van der Waals surface area contributed by atoms with Crippen LogP contribution in [0.3, 0.4) is 0 Å². The van der Waals surface area contributed by atoms with Crippen molar-refractivity contribution in [3.05, 3.63) is 15.9 Å². The Balaban J connectivity index is 1.91. The molecule has 0 saturated heterocycles. The predicted octanol–water partition coefficient (Wildman–Crippen LogP) is 2.88. The molecule has 0 spiro atoms. The van der Waals surface area contributed by atoms with Crippen LogP contribution in [-0.4, -0.2) is 19.6 Å². The van der Waals surface area contributed by atoms with Crippen molar-refractivity contribution < 1.29 is 9.53 Å². The lowest BCUT2D eigenvalue weighted by molar-refractivity contribution is -0.146. The Morgan fingerprint density at radius 2 is 2.40 bits per heavy atom. The molecule has 1 aromatic heterocycles. The van der Waals surface area contributed by atoms with Crippen molar-refractivity contribution in [2.75, 3.05) is 19.0 Å². The van der Waals surface area contributed by atoms with Crippen LogP contribution in [0.2, 0.25) is 0 Å². The van der Waals surface area contributed by atoms with Gasteiger partial charge in [0.15, 0.2) is 0 Å². The second-order valence-corrected chi connectivity index (χ2v) is 6.19.